The Morgan fingerprint density at radius 1 is 1.48 bits per heavy atom. The summed E-state index contributed by atoms with van der Waals surface area (Å²) in [5.41, 5.74) is 1.05. The first-order valence-corrected chi connectivity index (χ1v) is 7.58. The zero-order chi connectivity index (χ0) is 15.2. The molecule has 0 radical (unpaired) electrons. The maximum atomic E-state index is 13.0. The summed E-state index contributed by atoms with van der Waals surface area (Å²) in [6.45, 7) is 5.03. The molecule has 5 nitrogen and oxygen atoms in total. The lowest BCUT2D eigenvalue weighted by Crippen LogP contribution is -2.19. The number of nitrogens with one attached hydrogen (secondary N) is 2. The lowest BCUT2D eigenvalue weighted by Gasteiger charge is -2.09. The summed E-state index contributed by atoms with van der Waals surface area (Å²) in [5.74, 6) is -0.961. The average Bonchev–Trinajstić information content (AvgIpc) is 2.93. The Morgan fingerprint density at radius 3 is 3.00 bits per heavy atom. The predicted octanol–water partition coefficient (Wildman–Crippen LogP) is 2.99. The van der Waals surface area contributed by atoms with Crippen LogP contribution in [0.2, 0.25) is 0 Å². The molecule has 2 N–H and O–H groups in total. The number of pyridine rings is 1. The molecule has 21 heavy (non-hydrogen) atoms. The first-order valence-electron chi connectivity index (χ1n) is 6.71. The summed E-state index contributed by atoms with van der Waals surface area (Å²) in [5, 5.41) is 8.36. The topological polar surface area (TPSA) is 66.9 Å². The quantitative estimate of drug-likeness (QED) is 0.861. The summed E-state index contributed by atoms with van der Waals surface area (Å²) in [6.07, 6.45) is 3.42. The zero-order valence-corrected chi connectivity index (χ0v) is 12.7. The Balaban J connectivity index is 2.00. The van der Waals surface area contributed by atoms with Gasteiger partial charge in [-0.2, -0.15) is 0 Å². The Bertz CT molecular complexity index is 617. The Kier molecular flexibility index (Phi) is 5.35. The summed E-state index contributed by atoms with van der Waals surface area (Å²) in [6, 6.07) is 1.27. The van der Waals surface area contributed by atoms with E-state index >= 15 is 0 Å². The minimum absolute atomic E-state index is 0.127. The maximum absolute atomic E-state index is 13.0. The molecule has 0 aliphatic heterocycles. The molecular weight excluding hydrogens is 291 g/mol. The molecule has 0 aliphatic carbocycles. The van der Waals surface area contributed by atoms with Gasteiger partial charge in [-0.25, -0.2) is 9.37 Å². The minimum atomic E-state index is -0.542. The van der Waals surface area contributed by atoms with Crippen LogP contribution in [0.25, 0.3) is 0 Å². The minimum Gasteiger partial charge on any atom is -0.309 e. The molecule has 2 aromatic heterocycles. The second-order valence-corrected chi connectivity index (χ2v) is 5.46. The first kappa shape index (κ1) is 15.5. The molecule has 0 bridgehead atoms. The second kappa shape index (κ2) is 7.24. The molecule has 2 heterocycles. The lowest BCUT2D eigenvalue weighted by molar-refractivity contribution is 0.102. The largest absolute Gasteiger partial charge is 0.309 e. The van der Waals surface area contributed by atoms with Gasteiger partial charge < -0.3 is 5.32 Å². The molecule has 0 spiro atoms. The van der Waals surface area contributed by atoms with Crippen LogP contribution in [-0.2, 0) is 0 Å². The molecule has 0 saturated heterocycles. The van der Waals surface area contributed by atoms with Crippen molar-refractivity contribution in [2.45, 2.75) is 26.3 Å². The number of halogens is 1. The van der Waals surface area contributed by atoms with Crippen molar-refractivity contribution >= 4 is 22.4 Å². The molecule has 112 valence electrons. The van der Waals surface area contributed by atoms with E-state index < -0.39 is 11.7 Å². The van der Waals surface area contributed by atoms with E-state index in [2.05, 4.69) is 27.5 Å². The predicted molar refractivity (Wildman–Crippen MR) is 81.0 cm³/mol. The smallest absolute Gasteiger partial charge is 0.259 e. The van der Waals surface area contributed by atoms with Gasteiger partial charge in [-0.15, -0.1) is 11.3 Å². The van der Waals surface area contributed by atoms with Crippen molar-refractivity contribution < 1.29 is 9.18 Å². The number of thiazole rings is 1. The third-order valence-corrected chi connectivity index (χ3v) is 3.63. The van der Waals surface area contributed by atoms with Crippen LogP contribution in [-0.4, -0.2) is 22.4 Å². The molecule has 7 heteroatoms. The van der Waals surface area contributed by atoms with Gasteiger partial charge in [-0.3, -0.25) is 15.1 Å². The van der Waals surface area contributed by atoms with Crippen molar-refractivity contribution in [3.63, 3.8) is 0 Å². The van der Waals surface area contributed by atoms with Gasteiger partial charge >= 0.3 is 0 Å². The number of hydrogen-bond acceptors (Lipinski definition) is 5. The van der Waals surface area contributed by atoms with Gasteiger partial charge in [0.05, 0.1) is 17.5 Å². The second-order valence-electron chi connectivity index (χ2n) is 4.60. The highest BCUT2D eigenvalue weighted by molar-refractivity contribution is 7.14. The molecule has 0 aromatic carbocycles. The summed E-state index contributed by atoms with van der Waals surface area (Å²) in [7, 11) is 0. The summed E-state index contributed by atoms with van der Waals surface area (Å²) < 4.78 is 13.0. The van der Waals surface area contributed by atoms with E-state index in [-0.39, 0.29) is 11.6 Å². The van der Waals surface area contributed by atoms with Crippen molar-refractivity contribution in [2.75, 3.05) is 11.9 Å². The number of anilines is 1. The monoisotopic (exact) mass is 308 g/mol. The number of nitrogens with zero attached hydrogens (tertiary/aromatic N) is 2. The van der Waals surface area contributed by atoms with Gasteiger partial charge in [0, 0.05) is 17.6 Å². The fraction of sp³-hybridized carbons (Fsp3) is 0.357. The fourth-order valence-electron chi connectivity index (χ4n) is 1.71. The third-order valence-electron chi connectivity index (χ3n) is 2.85. The van der Waals surface area contributed by atoms with Gasteiger partial charge in [0.1, 0.15) is 5.82 Å². The van der Waals surface area contributed by atoms with E-state index in [0.29, 0.717) is 5.13 Å². The Morgan fingerprint density at radius 2 is 2.29 bits per heavy atom. The highest BCUT2D eigenvalue weighted by Crippen LogP contribution is 2.21. The van der Waals surface area contributed by atoms with E-state index in [9.17, 15) is 9.18 Å². The Hall–Kier alpha value is -1.86. The van der Waals surface area contributed by atoms with Gasteiger partial charge in [0.15, 0.2) is 5.13 Å². The highest BCUT2D eigenvalue weighted by Gasteiger charge is 2.13. The number of hydrogen-bond donors (Lipinski definition) is 2. The number of carbonyl (C=O) groups excluding carboxylic acids is 1. The Labute approximate surface area is 126 Å². The van der Waals surface area contributed by atoms with Crippen molar-refractivity contribution in [2.24, 2.45) is 0 Å². The van der Waals surface area contributed by atoms with E-state index in [4.69, 9.17) is 0 Å². The first-order chi connectivity index (χ1) is 10.1. The zero-order valence-electron chi connectivity index (χ0n) is 11.9. The summed E-state index contributed by atoms with van der Waals surface area (Å²) >= 11 is 1.34. The normalized spacial score (nSPS) is 12.1. The molecule has 1 amide bonds. The van der Waals surface area contributed by atoms with E-state index in [1.807, 2.05) is 12.3 Å². The van der Waals surface area contributed by atoms with Crippen molar-refractivity contribution in [3.8, 4) is 0 Å². The fourth-order valence-corrected chi connectivity index (χ4v) is 2.51. The SMILES string of the molecule is CCCNC(C)c1csc(NC(=O)c2cncc(F)c2)n1. The van der Waals surface area contributed by atoms with Crippen molar-refractivity contribution in [1.29, 1.82) is 0 Å². The molecule has 2 aromatic rings. The van der Waals surface area contributed by atoms with Gasteiger partial charge in [-0.1, -0.05) is 6.92 Å². The number of amides is 1. The molecule has 0 saturated carbocycles. The van der Waals surface area contributed by atoms with Crippen LogP contribution in [0, 0.1) is 5.82 Å². The van der Waals surface area contributed by atoms with Crippen LogP contribution in [0.5, 0.6) is 0 Å². The maximum Gasteiger partial charge on any atom is 0.259 e. The number of rotatable bonds is 6. The molecule has 1 atom stereocenters. The van der Waals surface area contributed by atoms with Gasteiger partial charge in [0.25, 0.3) is 5.91 Å². The third kappa shape index (κ3) is 4.30. The van der Waals surface area contributed by atoms with Crippen LogP contribution in [0.15, 0.2) is 23.8 Å². The van der Waals surface area contributed by atoms with E-state index in [1.165, 1.54) is 17.5 Å². The van der Waals surface area contributed by atoms with Crippen LogP contribution in [0.4, 0.5) is 9.52 Å². The summed E-state index contributed by atoms with van der Waals surface area (Å²) in [4.78, 5) is 20.0. The van der Waals surface area contributed by atoms with Crippen LogP contribution in [0.3, 0.4) is 0 Å². The number of carbonyl (C=O) groups is 1. The highest BCUT2D eigenvalue weighted by atomic mass is 32.1. The van der Waals surface area contributed by atoms with Crippen LogP contribution < -0.4 is 10.6 Å². The molecule has 0 aliphatic rings. The van der Waals surface area contributed by atoms with E-state index in [0.717, 1.165) is 30.9 Å². The lowest BCUT2D eigenvalue weighted by atomic mass is 10.2. The van der Waals surface area contributed by atoms with Crippen LogP contribution >= 0.6 is 11.3 Å². The molecule has 1 unspecified atom stereocenters. The van der Waals surface area contributed by atoms with Crippen molar-refractivity contribution in [3.05, 3.63) is 40.9 Å². The van der Waals surface area contributed by atoms with Crippen LogP contribution in [0.1, 0.15) is 42.4 Å². The van der Waals surface area contributed by atoms with Gasteiger partial charge in [0.2, 0.25) is 0 Å². The molecular formula is C14H17FN4OS. The van der Waals surface area contributed by atoms with E-state index in [1.54, 1.807) is 0 Å². The van der Waals surface area contributed by atoms with Crippen molar-refractivity contribution in [1.82, 2.24) is 15.3 Å². The average molecular weight is 308 g/mol. The number of aromatic nitrogens is 2. The van der Waals surface area contributed by atoms with Gasteiger partial charge in [-0.05, 0) is 26.0 Å². The molecule has 0 fully saturated rings. The molecule has 2 rings (SSSR count). The standard InChI is InChI=1S/C14H17FN4OS/c1-3-4-17-9(2)12-8-21-14(18-12)19-13(20)10-5-11(15)7-16-6-10/h5-9,17H,3-4H2,1-2H3,(H,18,19,20).